The molecule has 0 fully saturated rings. The minimum absolute atomic E-state index is 0.0394. The summed E-state index contributed by atoms with van der Waals surface area (Å²) in [7, 11) is 3.05. The highest BCUT2D eigenvalue weighted by molar-refractivity contribution is 8.76. The normalized spacial score (nSPS) is 11.1. The summed E-state index contributed by atoms with van der Waals surface area (Å²) in [5.41, 5.74) is 1.40. The summed E-state index contributed by atoms with van der Waals surface area (Å²) in [5, 5.41) is 0. The quantitative estimate of drug-likeness (QED) is 0.430. The molecule has 2 amide bonds. The fourth-order valence-electron chi connectivity index (χ4n) is 3.32. The number of benzene rings is 2. The molecule has 2 aromatic carbocycles. The van der Waals surface area contributed by atoms with E-state index in [4.69, 9.17) is 0 Å². The largest absolute Gasteiger partial charge is 0.336 e. The van der Waals surface area contributed by atoms with Gasteiger partial charge in [-0.05, 0) is 65.8 Å². The van der Waals surface area contributed by atoms with E-state index in [2.05, 4.69) is 0 Å². The Morgan fingerprint density at radius 1 is 0.700 bits per heavy atom. The Hall–Kier alpha value is -1.92. The zero-order valence-corrected chi connectivity index (χ0v) is 20.3. The topological polar surface area (TPSA) is 40.6 Å². The van der Waals surface area contributed by atoms with Gasteiger partial charge in [0.25, 0.3) is 11.8 Å². The van der Waals surface area contributed by atoms with Gasteiger partial charge in [0.2, 0.25) is 0 Å². The lowest BCUT2D eigenvalue weighted by molar-refractivity contribution is 0.0705. The standard InChI is InChI=1S/C24H32N2O2S2/c1-7-25(17(3)4)23(27)19-13-9-11-15-21(19)29-30-22-16-12-10-14-20(22)24(28)26(8-2)18(5)6/h9-18H,7-8H2,1-6H3. The van der Waals surface area contributed by atoms with Gasteiger partial charge in [-0.2, -0.15) is 0 Å². The zero-order chi connectivity index (χ0) is 22.3. The number of carbonyl (C=O) groups is 2. The lowest BCUT2D eigenvalue weighted by Crippen LogP contribution is -2.37. The molecule has 4 nitrogen and oxygen atoms in total. The van der Waals surface area contributed by atoms with Gasteiger partial charge in [0.05, 0.1) is 11.1 Å². The minimum Gasteiger partial charge on any atom is -0.336 e. The van der Waals surface area contributed by atoms with E-state index in [1.807, 2.05) is 99.9 Å². The molecule has 2 aromatic rings. The highest BCUT2D eigenvalue weighted by atomic mass is 33.1. The van der Waals surface area contributed by atoms with Gasteiger partial charge in [0.15, 0.2) is 0 Å². The van der Waals surface area contributed by atoms with Gasteiger partial charge in [0.1, 0.15) is 0 Å². The van der Waals surface area contributed by atoms with E-state index in [1.54, 1.807) is 0 Å². The molecule has 0 aliphatic heterocycles. The van der Waals surface area contributed by atoms with Crippen molar-refractivity contribution in [1.29, 1.82) is 0 Å². The molecule has 0 aliphatic rings. The van der Waals surface area contributed by atoms with Crippen LogP contribution in [0.3, 0.4) is 0 Å². The first-order valence-electron chi connectivity index (χ1n) is 10.5. The maximum atomic E-state index is 13.1. The van der Waals surface area contributed by atoms with E-state index in [-0.39, 0.29) is 23.9 Å². The van der Waals surface area contributed by atoms with Crippen molar-refractivity contribution in [2.45, 2.75) is 63.4 Å². The van der Waals surface area contributed by atoms with E-state index in [1.165, 1.54) is 21.6 Å². The molecule has 0 saturated carbocycles. The van der Waals surface area contributed by atoms with E-state index in [0.29, 0.717) is 24.2 Å². The molecule has 0 atom stereocenters. The van der Waals surface area contributed by atoms with Gasteiger partial charge < -0.3 is 9.80 Å². The second-order valence-corrected chi connectivity index (χ2v) is 9.74. The maximum Gasteiger partial charge on any atom is 0.255 e. The molecular weight excluding hydrogens is 412 g/mol. The lowest BCUT2D eigenvalue weighted by Gasteiger charge is -2.26. The third-order valence-corrected chi connectivity index (χ3v) is 7.39. The monoisotopic (exact) mass is 444 g/mol. The number of hydrogen-bond acceptors (Lipinski definition) is 4. The summed E-state index contributed by atoms with van der Waals surface area (Å²) < 4.78 is 0. The summed E-state index contributed by atoms with van der Waals surface area (Å²) in [6, 6.07) is 15.7. The predicted molar refractivity (Wildman–Crippen MR) is 128 cm³/mol. The second kappa shape index (κ2) is 11.5. The van der Waals surface area contributed by atoms with E-state index >= 15 is 0 Å². The number of carbonyl (C=O) groups excluding carboxylic acids is 2. The first kappa shape index (κ1) is 24.4. The van der Waals surface area contributed by atoms with Crippen molar-refractivity contribution in [3.63, 3.8) is 0 Å². The van der Waals surface area contributed by atoms with Crippen LogP contribution in [0, 0.1) is 0 Å². The van der Waals surface area contributed by atoms with Crippen LogP contribution in [0.2, 0.25) is 0 Å². The Kier molecular flexibility index (Phi) is 9.31. The van der Waals surface area contributed by atoms with Gasteiger partial charge in [-0.15, -0.1) is 0 Å². The molecular formula is C24H32N2O2S2. The molecule has 6 heteroatoms. The highest BCUT2D eigenvalue weighted by Gasteiger charge is 2.22. The molecule has 0 spiro atoms. The van der Waals surface area contributed by atoms with E-state index < -0.39 is 0 Å². The van der Waals surface area contributed by atoms with Crippen LogP contribution in [0.15, 0.2) is 58.3 Å². The summed E-state index contributed by atoms with van der Waals surface area (Å²) >= 11 is 0. The molecule has 0 radical (unpaired) electrons. The number of nitrogens with zero attached hydrogens (tertiary/aromatic N) is 2. The van der Waals surface area contributed by atoms with Crippen molar-refractivity contribution in [3.8, 4) is 0 Å². The Morgan fingerprint density at radius 2 is 1.03 bits per heavy atom. The number of rotatable bonds is 9. The molecule has 0 saturated heterocycles. The summed E-state index contributed by atoms with van der Waals surface area (Å²) in [6.07, 6.45) is 0. The van der Waals surface area contributed by atoms with Crippen molar-refractivity contribution in [3.05, 3.63) is 59.7 Å². The van der Waals surface area contributed by atoms with Crippen LogP contribution in [-0.2, 0) is 0 Å². The molecule has 0 aromatic heterocycles. The van der Waals surface area contributed by atoms with Crippen LogP contribution >= 0.6 is 21.6 Å². The van der Waals surface area contributed by atoms with Crippen LogP contribution in [0.1, 0.15) is 62.3 Å². The third kappa shape index (κ3) is 5.82. The Morgan fingerprint density at radius 3 is 1.33 bits per heavy atom. The summed E-state index contributed by atoms with van der Waals surface area (Å²) in [5.74, 6) is 0.0788. The average molecular weight is 445 g/mol. The summed E-state index contributed by atoms with van der Waals surface area (Å²) in [4.78, 5) is 31.7. The van der Waals surface area contributed by atoms with Gasteiger partial charge in [0, 0.05) is 35.0 Å². The molecule has 0 unspecified atom stereocenters. The van der Waals surface area contributed by atoms with Gasteiger partial charge in [-0.1, -0.05) is 45.9 Å². The smallest absolute Gasteiger partial charge is 0.255 e. The molecule has 0 aliphatic carbocycles. The SMILES string of the molecule is CCN(C(=O)c1ccccc1SSc1ccccc1C(=O)N(CC)C(C)C)C(C)C. The average Bonchev–Trinajstić information content (AvgIpc) is 2.73. The van der Waals surface area contributed by atoms with E-state index in [9.17, 15) is 9.59 Å². The zero-order valence-electron chi connectivity index (χ0n) is 18.7. The third-order valence-electron chi connectivity index (χ3n) is 4.91. The van der Waals surface area contributed by atoms with Gasteiger partial charge >= 0.3 is 0 Å². The Labute approximate surface area is 188 Å². The minimum atomic E-state index is 0.0394. The molecule has 0 heterocycles. The fourth-order valence-corrected chi connectivity index (χ4v) is 5.67. The summed E-state index contributed by atoms with van der Waals surface area (Å²) in [6.45, 7) is 13.5. The molecule has 0 N–H and O–H groups in total. The number of amides is 2. The van der Waals surface area contributed by atoms with Crippen LogP contribution < -0.4 is 0 Å². The predicted octanol–water partition coefficient (Wildman–Crippen LogP) is 6.23. The van der Waals surface area contributed by atoms with Crippen molar-refractivity contribution in [2.24, 2.45) is 0 Å². The molecule has 2 rings (SSSR count). The van der Waals surface area contributed by atoms with Crippen molar-refractivity contribution >= 4 is 33.4 Å². The van der Waals surface area contributed by atoms with Crippen molar-refractivity contribution in [1.82, 2.24) is 9.80 Å². The fraction of sp³-hybridized carbons (Fsp3) is 0.417. The first-order valence-corrected chi connectivity index (χ1v) is 12.6. The first-order chi connectivity index (χ1) is 14.3. The lowest BCUT2D eigenvalue weighted by atomic mass is 10.1. The van der Waals surface area contributed by atoms with Crippen LogP contribution in [0.25, 0.3) is 0 Å². The van der Waals surface area contributed by atoms with Gasteiger partial charge in [-0.25, -0.2) is 0 Å². The van der Waals surface area contributed by atoms with Crippen LogP contribution in [0.4, 0.5) is 0 Å². The second-order valence-electron chi connectivity index (χ2n) is 7.53. The number of hydrogen-bond donors (Lipinski definition) is 0. The van der Waals surface area contributed by atoms with Crippen LogP contribution in [0.5, 0.6) is 0 Å². The van der Waals surface area contributed by atoms with Gasteiger partial charge in [-0.3, -0.25) is 9.59 Å². The molecule has 0 bridgehead atoms. The van der Waals surface area contributed by atoms with Crippen LogP contribution in [-0.4, -0.2) is 46.8 Å². The van der Waals surface area contributed by atoms with Crippen molar-refractivity contribution in [2.75, 3.05) is 13.1 Å². The molecule has 30 heavy (non-hydrogen) atoms. The Bertz CT molecular complexity index is 796. The highest BCUT2D eigenvalue weighted by Crippen LogP contribution is 2.41. The van der Waals surface area contributed by atoms with Crippen molar-refractivity contribution < 1.29 is 9.59 Å². The Balaban J connectivity index is 2.28. The molecule has 162 valence electrons. The van der Waals surface area contributed by atoms with E-state index in [0.717, 1.165) is 9.79 Å². The maximum absolute atomic E-state index is 13.1.